The van der Waals surface area contributed by atoms with E-state index in [0.29, 0.717) is 17.9 Å². The number of aryl methyl sites for hydroxylation is 1. The summed E-state index contributed by atoms with van der Waals surface area (Å²) in [6.45, 7) is 4.56. The second-order valence-electron chi connectivity index (χ2n) is 8.19. The highest BCUT2D eigenvalue weighted by Crippen LogP contribution is 2.21. The number of carbonyl (C=O) groups excluding carboxylic acids is 2. The van der Waals surface area contributed by atoms with E-state index in [4.69, 9.17) is 4.98 Å². The fourth-order valence-electron chi connectivity index (χ4n) is 3.83. The van der Waals surface area contributed by atoms with E-state index in [1.807, 2.05) is 85.1 Å². The highest BCUT2D eigenvalue weighted by atomic mass is 16.2. The average Bonchev–Trinajstić information content (AvgIpc) is 3.18. The van der Waals surface area contributed by atoms with Crippen LogP contribution in [-0.4, -0.2) is 27.9 Å². The summed E-state index contributed by atoms with van der Waals surface area (Å²) in [5.74, 6) is 0.385. The molecule has 0 aliphatic heterocycles. The molecule has 1 heterocycles. The minimum atomic E-state index is -0.372. The Morgan fingerprint density at radius 1 is 0.939 bits per heavy atom. The molecule has 4 aromatic rings. The predicted molar refractivity (Wildman–Crippen MR) is 130 cm³/mol. The van der Waals surface area contributed by atoms with Gasteiger partial charge in [-0.15, -0.1) is 0 Å². The van der Waals surface area contributed by atoms with Crippen LogP contribution in [0.2, 0.25) is 0 Å². The molecule has 1 aromatic heterocycles. The van der Waals surface area contributed by atoms with Crippen LogP contribution in [0.15, 0.2) is 78.9 Å². The molecule has 0 fully saturated rings. The van der Waals surface area contributed by atoms with Crippen LogP contribution >= 0.6 is 0 Å². The largest absolute Gasteiger partial charge is 0.354 e. The monoisotopic (exact) mass is 440 g/mol. The van der Waals surface area contributed by atoms with Crippen LogP contribution in [0.1, 0.15) is 40.3 Å². The van der Waals surface area contributed by atoms with Gasteiger partial charge in [0.25, 0.3) is 5.91 Å². The van der Waals surface area contributed by atoms with Gasteiger partial charge in [-0.05, 0) is 50.1 Å². The molecule has 33 heavy (non-hydrogen) atoms. The van der Waals surface area contributed by atoms with Gasteiger partial charge in [0.2, 0.25) is 5.91 Å². The minimum Gasteiger partial charge on any atom is -0.354 e. The maximum Gasteiger partial charge on any atom is 0.251 e. The smallest absolute Gasteiger partial charge is 0.251 e. The van der Waals surface area contributed by atoms with E-state index in [2.05, 4.69) is 10.6 Å². The predicted octanol–water partition coefficient (Wildman–Crippen LogP) is 4.19. The van der Waals surface area contributed by atoms with E-state index >= 15 is 0 Å². The highest BCUT2D eigenvalue weighted by molar-refractivity contribution is 5.94. The number of hydrogen-bond donors (Lipinski definition) is 2. The number of imidazole rings is 1. The molecule has 0 spiro atoms. The van der Waals surface area contributed by atoms with Crippen molar-refractivity contribution in [1.29, 1.82) is 0 Å². The van der Waals surface area contributed by atoms with Gasteiger partial charge in [0.1, 0.15) is 12.4 Å². The maximum atomic E-state index is 12.7. The molecule has 0 bridgehead atoms. The molecule has 2 N–H and O–H groups in total. The second kappa shape index (κ2) is 10.1. The molecule has 6 heteroatoms. The number of rotatable bonds is 8. The van der Waals surface area contributed by atoms with Crippen molar-refractivity contribution in [2.75, 3.05) is 6.54 Å². The third-order valence-electron chi connectivity index (χ3n) is 5.61. The second-order valence-corrected chi connectivity index (χ2v) is 8.19. The topological polar surface area (TPSA) is 76.0 Å². The van der Waals surface area contributed by atoms with Gasteiger partial charge >= 0.3 is 0 Å². The lowest BCUT2D eigenvalue weighted by Gasteiger charge is -2.16. The summed E-state index contributed by atoms with van der Waals surface area (Å²) in [5, 5.41) is 6.01. The number of carbonyl (C=O) groups is 2. The fourth-order valence-corrected chi connectivity index (χ4v) is 3.83. The standard InChI is InChI=1S/C27H28N4O2/c1-19-12-14-22(15-13-19)27(33)29-20(2)26-30-23-10-6-7-11-24(23)31(26)18-25(32)28-17-16-21-8-4-3-5-9-21/h3-15,20H,16-18H2,1-2H3,(H,28,32)(H,29,33)/t20-/m0/s1. The fraction of sp³-hybridized carbons (Fsp3) is 0.222. The molecule has 0 radical (unpaired) electrons. The molecule has 0 saturated heterocycles. The number of nitrogens with one attached hydrogen (secondary N) is 2. The van der Waals surface area contributed by atoms with Crippen LogP contribution < -0.4 is 10.6 Å². The summed E-state index contributed by atoms with van der Waals surface area (Å²) in [5.41, 5.74) is 4.52. The van der Waals surface area contributed by atoms with Gasteiger partial charge in [0.15, 0.2) is 0 Å². The van der Waals surface area contributed by atoms with Crippen LogP contribution in [0, 0.1) is 6.92 Å². The van der Waals surface area contributed by atoms with Crippen molar-refractivity contribution in [2.45, 2.75) is 32.9 Å². The van der Waals surface area contributed by atoms with Gasteiger partial charge in [-0.25, -0.2) is 4.98 Å². The number of amides is 2. The lowest BCUT2D eigenvalue weighted by Crippen LogP contribution is -2.32. The number of fused-ring (bicyclic) bond motifs is 1. The minimum absolute atomic E-state index is 0.0904. The van der Waals surface area contributed by atoms with Gasteiger partial charge in [0.05, 0.1) is 17.1 Å². The molecular formula is C27H28N4O2. The molecule has 2 amide bonds. The first-order chi connectivity index (χ1) is 16.0. The third-order valence-corrected chi connectivity index (χ3v) is 5.61. The van der Waals surface area contributed by atoms with Crippen LogP contribution in [0.4, 0.5) is 0 Å². The normalized spacial score (nSPS) is 11.8. The zero-order valence-electron chi connectivity index (χ0n) is 18.9. The summed E-state index contributed by atoms with van der Waals surface area (Å²) in [6, 6.07) is 24.8. The third kappa shape index (κ3) is 5.47. The van der Waals surface area contributed by atoms with Crippen LogP contribution in [0.3, 0.4) is 0 Å². The summed E-state index contributed by atoms with van der Waals surface area (Å²) in [4.78, 5) is 30.2. The molecule has 0 saturated carbocycles. The summed E-state index contributed by atoms with van der Waals surface area (Å²) in [6.07, 6.45) is 0.771. The van der Waals surface area contributed by atoms with E-state index in [0.717, 1.165) is 23.0 Å². The Hall–Kier alpha value is -3.93. The van der Waals surface area contributed by atoms with Gasteiger partial charge in [-0.3, -0.25) is 9.59 Å². The molecule has 0 aliphatic rings. The molecule has 0 aliphatic carbocycles. The Morgan fingerprint density at radius 3 is 2.39 bits per heavy atom. The Bertz CT molecular complexity index is 1250. The summed E-state index contributed by atoms with van der Waals surface area (Å²) >= 11 is 0. The number of aromatic nitrogens is 2. The zero-order chi connectivity index (χ0) is 23.2. The quantitative estimate of drug-likeness (QED) is 0.431. The van der Waals surface area contributed by atoms with Crippen molar-refractivity contribution in [2.24, 2.45) is 0 Å². The zero-order valence-corrected chi connectivity index (χ0v) is 18.9. The Kier molecular flexibility index (Phi) is 6.83. The Balaban J connectivity index is 1.48. The van der Waals surface area contributed by atoms with Gasteiger partial charge in [0, 0.05) is 12.1 Å². The van der Waals surface area contributed by atoms with E-state index in [1.54, 1.807) is 12.1 Å². The van der Waals surface area contributed by atoms with Crippen molar-refractivity contribution < 1.29 is 9.59 Å². The molecule has 0 unspecified atom stereocenters. The van der Waals surface area contributed by atoms with Crippen molar-refractivity contribution in [3.8, 4) is 0 Å². The summed E-state index contributed by atoms with van der Waals surface area (Å²) < 4.78 is 1.88. The Morgan fingerprint density at radius 2 is 1.64 bits per heavy atom. The average molecular weight is 441 g/mol. The molecule has 1 atom stereocenters. The first-order valence-corrected chi connectivity index (χ1v) is 11.1. The van der Waals surface area contributed by atoms with E-state index < -0.39 is 0 Å². The van der Waals surface area contributed by atoms with Gasteiger partial charge in [-0.1, -0.05) is 60.2 Å². The first-order valence-electron chi connectivity index (χ1n) is 11.1. The van der Waals surface area contributed by atoms with Crippen molar-refractivity contribution >= 4 is 22.8 Å². The highest BCUT2D eigenvalue weighted by Gasteiger charge is 2.20. The van der Waals surface area contributed by atoms with Crippen molar-refractivity contribution in [1.82, 2.24) is 20.2 Å². The molecule has 168 valence electrons. The van der Waals surface area contributed by atoms with Gasteiger partial charge < -0.3 is 15.2 Å². The number of benzene rings is 3. The number of nitrogens with zero attached hydrogens (tertiary/aromatic N) is 2. The SMILES string of the molecule is Cc1ccc(C(=O)N[C@@H](C)c2nc3ccccc3n2CC(=O)NCCc2ccccc2)cc1. The first kappa shape index (κ1) is 22.3. The number of hydrogen-bond acceptors (Lipinski definition) is 3. The lowest BCUT2D eigenvalue weighted by atomic mass is 10.1. The lowest BCUT2D eigenvalue weighted by molar-refractivity contribution is -0.121. The molecule has 6 nitrogen and oxygen atoms in total. The van der Waals surface area contributed by atoms with E-state index in [-0.39, 0.29) is 24.4 Å². The van der Waals surface area contributed by atoms with Crippen LogP contribution in [0.5, 0.6) is 0 Å². The molecule has 3 aromatic carbocycles. The molecule has 4 rings (SSSR count). The summed E-state index contributed by atoms with van der Waals surface area (Å²) in [7, 11) is 0. The van der Waals surface area contributed by atoms with Crippen LogP contribution in [-0.2, 0) is 17.8 Å². The van der Waals surface area contributed by atoms with E-state index in [9.17, 15) is 9.59 Å². The van der Waals surface area contributed by atoms with E-state index in [1.165, 1.54) is 5.56 Å². The van der Waals surface area contributed by atoms with Crippen molar-refractivity contribution in [3.05, 3.63) is 101 Å². The Labute approximate surface area is 193 Å². The molecular weight excluding hydrogens is 412 g/mol. The van der Waals surface area contributed by atoms with Gasteiger partial charge in [-0.2, -0.15) is 0 Å². The number of para-hydroxylation sites is 2. The maximum absolute atomic E-state index is 12.7. The van der Waals surface area contributed by atoms with Crippen LogP contribution in [0.25, 0.3) is 11.0 Å². The van der Waals surface area contributed by atoms with Crippen molar-refractivity contribution in [3.63, 3.8) is 0 Å².